The number of carbonyl (C=O) groups is 1. The van der Waals surface area contributed by atoms with Gasteiger partial charge in [-0.25, -0.2) is 0 Å². The second-order valence-corrected chi connectivity index (χ2v) is 4.87. The highest BCUT2D eigenvalue weighted by atomic mass is 35.5. The van der Waals surface area contributed by atoms with Crippen molar-refractivity contribution in [2.75, 3.05) is 7.11 Å². The van der Waals surface area contributed by atoms with E-state index < -0.39 is 0 Å². The highest BCUT2D eigenvalue weighted by Gasteiger charge is 2.06. The number of aldehydes is 1. The van der Waals surface area contributed by atoms with Gasteiger partial charge in [-0.05, 0) is 18.2 Å². The van der Waals surface area contributed by atoms with Crippen molar-refractivity contribution < 1.29 is 14.3 Å². The van der Waals surface area contributed by atoms with Crippen molar-refractivity contribution in [3.63, 3.8) is 0 Å². The van der Waals surface area contributed by atoms with Crippen LogP contribution in [0.2, 0.25) is 10.0 Å². The summed E-state index contributed by atoms with van der Waals surface area (Å²) >= 11 is 11.8. The fourth-order valence-corrected chi connectivity index (χ4v) is 1.97. The lowest BCUT2D eigenvalue weighted by Gasteiger charge is -2.11. The van der Waals surface area contributed by atoms with Crippen molar-refractivity contribution in [1.29, 1.82) is 0 Å². The van der Waals surface area contributed by atoms with E-state index in [4.69, 9.17) is 32.7 Å². The van der Waals surface area contributed by atoms with Crippen molar-refractivity contribution in [2.24, 2.45) is 0 Å². The van der Waals surface area contributed by atoms with Crippen molar-refractivity contribution in [2.45, 2.75) is 6.61 Å². The van der Waals surface area contributed by atoms with Crippen molar-refractivity contribution >= 4 is 29.5 Å². The third-order valence-corrected chi connectivity index (χ3v) is 3.47. The van der Waals surface area contributed by atoms with Gasteiger partial charge in [0.25, 0.3) is 0 Å². The van der Waals surface area contributed by atoms with Gasteiger partial charge in [-0.1, -0.05) is 35.3 Å². The lowest BCUT2D eigenvalue weighted by atomic mass is 10.1. The Morgan fingerprint density at radius 2 is 1.90 bits per heavy atom. The molecule has 0 spiro atoms. The molecule has 0 atom stereocenters. The first kappa shape index (κ1) is 14.7. The number of rotatable bonds is 5. The Bertz CT molecular complexity index is 627. The van der Waals surface area contributed by atoms with Crippen LogP contribution in [-0.2, 0) is 6.61 Å². The van der Waals surface area contributed by atoms with E-state index in [-0.39, 0.29) is 0 Å². The van der Waals surface area contributed by atoms with E-state index in [1.165, 1.54) is 0 Å². The molecular formula is C15H12Cl2O3. The van der Waals surface area contributed by atoms with Gasteiger partial charge in [0.15, 0.2) is 0 Å². The van der Waals surface area contributed by atoms with E-state index in [9.17, 15) is 4.79 Å². The summed E-state index contributed by atoms with van der Waals surface area (Å²) in [5.41, 5.74) is 1.39. The summed E-state index contributed by atoms with van der Waals surface area (Å²) in [6.45, 7) is 0.306. The third kappa shape index (κ3) is 3.44. The van der Waals surface area contributed by atoms with Crippen LogP contribution in [0.5, 0.6) is 11.5 Å². The number of hydrogen-bond acceptors (Lipinski definition) is 3. The molecule has 2 rings (SSSR count). The van der Waals surface area contributed by atoms with Gasteiger partial charge < -0.3 is 9.47 Å². The normalized spacial score (nSPS) is 10.2. The van der Waals surface area contributed by atoms with E-state index in [1.54, 1.807) is 43.5 Å². The molecule has 0 aromatic heterocycles. The third-order valence-electron chi connectivity index (χ3n) is 2.73. The number of halogens is 2. The second kappa shape index (κ2) is 6.64. The molecule has 0 fully saturated rings. The summed E-state index contributed by atoms with van der Waals surface area (Å²) in [4.78, 5) is 10.7. The van der Waals surface area contributed by atoms with Crippen LogP contribution in [-0.4, -0.2) is 13.4 Å². The minimum atomic E-state index is 0.306. The molecule has 0 aliphatic rings. The smallest absolute Gasteiger partial charge is 0.150 e. The summed E-state index contributed by atoms with van der Waals surface area (Å²) in [6.07, 6.45) is 0.770. The molecule has 0 amide bonds. The highest BCUT2D eigenvalue weighted by molar-refractivity contribution is 6.42. The molecule has 0 saturated carbocycles. The molecule has 2 aromatic carbocycles. The van der Waals surface area contributed by atoms with Gasteiger partial charge >= 0.3 is 0 Å². The minimum Gasteiger partial charge on any atom is -0.496 e. The van der Waals surface area contributed by atoms with E-state index >= 15 is 0 Å². The summed E-state index contributed by atoms with van der Waals surface area (Å²) in [5.74, 6) is 1.22. The Morgan fingerprint density at radius 3 is 2.55 bits per heavy atom. The SMILES string of the molecule is COc1cc(C=O)ccc1COc1ccc(Cl)c(Cl)c1. The molecule has 0 heterocycles. The predicted octanol–water partition coefficient (Wildman–Crippen LogP) is 4.39. The van der Waals surface area contributed by atoms with Crippen LogP contribution in [0, 0.1) is 0 Å². The number of carbonyl (C=O) groups excluding carboxylic acids is 1. The number of ether oxygens (including phenoxy) is 2. The zero-order valence-corrected chi connectivity index (χ0v) is 12.2. The van der Waals surface area contributed by atoms with Crippen LogP contribution >= 0.6 is 23.2 Å². The van der Waals surface area contributed by atoms with Crippen molar-refractivity contribution in [3.8, 4) is 11.5 Å². The standard InChI is InChI=1S/C15H12Cl2O3/c1-19-15-6-10(8-18)2-3-11(15)9-20-12-4-5-13(16)14(17)7-12/h2-8H,9H2,1H3. The number of hydrogen-bond donors (Lipinski definition) is 0. The van der Waals surface area contributed by atoms with Crippen molar-refractivity contribution in [3.05, 3.63) is 57.6 Å². The van der Waals surface area contributed by atoms with Gasteiger partial charge in [-0.2, -0.15) is 0 Å². The fourth-order valence-electron chi connectivity index (χ4n) is 1.68. The maximum atomic E-state index is 10.7. The van der Waals surface area contributed by atoms with Gasteiger partial charge in [0.2, 0.25) is 0 Å². The monoisotopic (exact) mass is 310 g/mol. The molecule has 0 bridgehead atoms. The van der Waals surface area contributed by atoms with Gasteiger partial charge in [0.1, 0.15) is 24.4 Å². The maximum Gasteiger partial charge on any atom is 0.150 e. The van der Waals surface area contributed by atoms with Crippen LogP contribution in [0.25, 0.3) is 0 Å². The first-order chi connectivity index (χ1) is 9.63. The van der Waals surface area contributed by atoms with E-state index in [1.807, 2.05) is 0 Å². The van der Waals surface area contributed by atoms with Gasteiger partial charge in [0.05, 0.1) is 17.2 Å². The predicted molar refractivity (Wildman–Crippen MR) is 79.2 cm³/mol. The van der Waals surface area contributed by atoms with Crippen molar-refractivity contribution in [1.82, 2.24) is 0 Å². The summed E-state index contributed by atoms with van der Waals surface area (Å²) in [6, 6.07) is 10.2. The molecule has 20 heavy (non-hydrogen) atoms. The molecule has 2 aromatic rings. The molecule has 0 aliphatic heterocycles. The molecule has 0 N–H and O–H groups in total. The lowest BCUT2D eigenvalue weighted by Crippen LogP contribution is -1.99. The first-order valence-corrected chi connectivity index (χ1v) is 6.59. The van der Waals surface area contributed by atoms with Crippen LogP contribution in [0.15, 0.2) is 36.4 Å². The second-order valence-electron chi connectivity index (χ2n) is 4.05. The summed E-state index contributed by atoms with van der Waals surface area (Å²) in [5, 5.41) is 0.916. The van der Waals surface area contributed by atoms with Gasteiger partial charge in [0, 0.05) is 17.2 Å². The van der Waals surface area contributed by atoms with Crippen LogP contribution < -0.4 is 9.47 Å². The molecule has 0 radical (unpaired) electrons. The lowest BCUT2D eigenvalue weighted by molar-refractivity contribution is 0.112. The number of methoxy groups -OCH3 is 1. The Kier molecular flexibility index (Phi) is 4.88. The van der Waals surface area contributed by atoms with E-state index in [0.29, 0.717) is 33.7 Å². The molecule has 3 nitrogen and oxygen atoms in total. The Labute approximate surface area is 127 Å². The zero-order chi connectivity index (χ0) is 14.5. The topological polar surface area (TPSA) is 35.5 Å². The zero-order valence-electron chi connectivity index (χ0n) is 10.7. The first-order valence-electron chi connectivity index (χ1n) is 5.84. The highest BCUT2D eigenvalue weighted by Crippen LogP contribution is 2.28. The average molecular weight is 311 g/mol. The Morgan fingerprint density at radius 1 is 1.10 bits per heavy atom. The average Bonchev–Trinajstić information content (AvgIpc) is 2.48. The molecule has 0 unspecified atom stereocenters. The molecule has 0 aliphatic carbocycles. The Hall–Kier alpha value is -1.71. The van der Waals surface area contributed by atoms with Gasteiger partial charge in [-0.3, -0.25) is 4.79 Å². The van der Waals surface area contributed by atoms with Gasteiger partial charge in [-0.15, -0.1) is 0 Å². The largest absolute Gasteiger partial charge is 0.496 e. The molecule has 0 saturated heterocycles. The van der Waals surface area contributed by atoms with Crippen LogP contribution in [0.4, 0.5) is 0 Å². The summed E-state index contributed by atoms with van der Waals surface area (Å²) < 4.78 is 10.9. The fraction of sp³-hybridized carbons (Fsp3) is 0.133. The maximum absolute atomic E-state index is 10.7. The minimum absolute atomic E-state index is 0.306. The van der Waals surface area contributed by atoms with Crippen LogP contribution in [0.3, 0.4) is 0 Å². The molecule has 104 valence electrons. The van der Waals surface area contributed by atoms with E-state index in [0.717, 1.165) is 11.8 Å². The van der Waals surface area contributed by atoms with E-state index in [2.05, 4.69) is 0 Å². The summed E-state index contributed by atoms with van der Waals surface area (Å²) in [7, 11) is 1.55. The number of benzene rings is 2. The Balaban J connectivity index is 2.13. The molecular weight excluding hydrogens is 299 g/mol. The quantitative estimate of drug-likeness (QED) is 0.768. The molecule has 5 heteroatoms. The van der Waals surface area contributed by atoms with Crippen LogP contribution in [0.1, 0.15) is 15.9 Å².